The average molecular weight is 237 g/mol. The number of hydrogen-bond acceptors (Lipinski definition) is 2. The first-order valence-corrected chi connectivity index (χ1v) is 5.51. The first kappa shape index (κ1) is 11.2. The van der Waals surface area contributed by atoms with Gasteiger partial charge in [0.25, 0.3) is 0 Å². The highest BCUT2D eigenvalue weighted by molar-refractivity contribution is 6.29. The Bertz CT molecular complexity index is 464. The predicted molar refractivity (Wildman–Crippen MR) is 64.1 cm³/mol. The van der Waals surface area contributed by atoms with Crippen molar-refractivity contribution < 1.29 is 5.11 Å². The van der Waals surface area contributed by atoms with E-state index >= 15 is 0 Å². The standard InChI is InChI=1S/C12H13ClN2O/c1-9(8-16)10-2-4-11(5-3-10)15-12(13)6-7-14-15/h2-7,9,16H,8H2,1H3. The van der Waals surface area contributed by atoms with Crippen LogP contribution in [0.15, 0.2) is 36.5 Å². The molecule has 1 atom stereocenters. The van der Waals surface area contributed by atoms with Crippen LogP contribution in [0.4, 0.5) is 0 Å². The molecule has 3 nitrogen and oxygen atoms in total. The molecule has 0 aliphatic rings. The van der Waals surface area contributed by atoms with E-state index in [2.05, 4.69) is 5.10 Å². The quantitative estimate of drug-likeness (QED) is 0.890. The molecule has 1 aromatic carbocycles. The number of rotatable bonds is 3. The average Bonchev–Trinajstić information content (AvgIpc) is 2.75. The van der Waals surface area contributed by atoms with E-state index in [4.69, 9.17) is 16.7 Å². The molecule has 0 aliphatic carbocycles. The summed E-state index contributed by atoms with van der Waals surface area (Å²) in [4.78, 5) is 0. The molecule has 1 unspecified atom stereocenters. The molecule has 84 valence electrons. The third-order valence-corrected chi connectivity index (χ3v) is 2.86. The van der Waals surface area contributed by atoms with Gasteiger partial charge in [-0.05, 0) is 23.8 Å². The Morgan fingerprint density at radius 1 is 1.31 bits per heavy atom. The summed E-state index contributed by atoms with van der Waals surface area (Å²) in [5.41, 5.74) is 2.03. The lowest BCUT2D eigenvalue weighted by atomic mass is 10.0. The van der Waals surface area contributed by atoms with Gasteiger partial charge in [0.15, 0.2) is 0 Å². The number of aliphatic hydroxyl groups excluding tert-OH is 1. The van der Waals surface area contributed by atoms with E-state index in [-0.39, 0.29) is 12.5 Å². The van der Waals surface area contributed by atoms with Crippen molar-refractivity contribution in [2.75, 3.05) is 6.61 Å². The van der Waals surface area contributed by atoms with Gasteiger partial charge in [-0.25, -0.2) is 4.68 Å². The number of nitrogens with zero attached hydrogens (tertiary/aromatic N) is 2. The Morgan fingerprint density at radius 2 is 2.00 bits per heavy atom. The van der Waals surface area contributed by atoms with Crippen molar-refractivity contribution in [1.82, 2.24) is 9.78 Å². The summed E-state index contributed by atoms with van der Waals surface area (Å²) < 4.78 is 1.66. The number of halogens is 1. The topological polar surface area (TPSA) is 38.0 Å². The molecule has 2 aromatic rings. The Kier molecular flexibility index (Phi) is 3.27. The van der Waals surface area contributed by atoms with E-state index in [1.807, 2.05) is 31.2 Å². The Hall–Kier alpha value is -1.32. The molecule has 0 amide bonds. The first-order valence-electron chi connectivity index (χ1n) is 5.13. The van der Waals surface area contributed by atoms with E-state index in [1.54, 1.807) is 16.9 Å². The molecule has 4 heteroatoms. The molecule has 1 heterocycles. The summed E-state index contributed by atoms with van der Waals surface area (Å²) in [7, 11) is 0. The molecule has 0 aliphatic heterocycles. The zero-order valence-electron chi connectivity index (χ0n) is 8.97. The van der Waals surface area contributed by atoms with Gasteiger partial charge in [-0.1, -0.05) is 30.7 Å². The van der Waals surface area contributed by atoms with Gasteiger partial charge in [-0.2, -0.15) is 5.10 Å². The minimum Gasteiger partial charge on any atom is -0.396 e. The number of aromatic nitrogens is 2. The molecule has 0 saturated heterocycles. The van der Waals surface area contributed by atoms with Crippen LogP contribution in [-0.4, -0.2) is 21.5 Å². The molecule has 0 radical (unpaired) electrons. The summed E-state index contributed by atoms with van der Waals surface area (Å²) in [6.07, 6.45) is 1.66. The fourth-order valence-electron chi connectivity index (χ4n) is 1.53. The maximum Gasteiger partial charge on any atom is 0.132 e. The molecule has 0 bridgehead atoms. The number of aliphatic hydroxyl groups is 1. The van der Waals surface area contributed by atoms with Crippen molar-refractivity contribution in [1.29, 1.82) is 0 Å². The fourth-order valence-corrected chi connectivity index (χ4v) is 1.72. The van der Waals surface area contributed by atoms with Crippen LogP contribution in [0.5, 0.6) is 0 Å². The summed E-state index contributed by atoms with van der Waals surface area (Å²) in [6.45, 7) is 2.14. The van der Waals surface area contributed by atoms with Crippen molar-refractivity contribution in [3.05, 3.63) is 47.2 Å². The maximum atomic E-state index is 9.05. The number of benzene rings is 1. The van der Waals surface area contributed by atoms with Gasteiger partial charge >= 0.3 is 0 Å². The molecule has 0 spiro atoms. The van der Waals surface area contributed by atoms with Crippen molar-refractivity contribution >= 4 is 11.6 Å². The molecule has 0 saturated carbocycles. The van der Waals surface area contributed by atoms with Crippen LogP contribution < -0.4 is 0 Å². The first-order chi connectivity index (χ1) is 7.72. The van der Waals surface area contributed by atoms with Gasteiger partial charge in [-0.3, -0.25) is 0 Å². The van der Waals surface area contributed by atoms with Gasteiger partial charge in [0.2, 0.25) is 0 Å². The molecule has 0 fully saturated rings. The van der Waals surface area contributed by atoms with E-state index < -0.39 is 0 Å². The van der Waals surface area contributed by atoms with Crippen LogP contribution in [0.2, 0.25) is 5.15 Å². The summed E-state index contributed by atoms with van der Waals surface area (Å²) in [6, 6.07) is 9.59. The second kappa shape index (κ2) is 4.68. The lowest BCUT2D eigenvalue weighted by molar-refractivity contribution is 0.273. The summed E-state index contributed by atoms with van der Waals surface area (Å²) in [5.74, 6) is 0.155. The fraction of sp³-hybridized carbons (Fsp3) is 0.250. The highest BCUT2D eigenvalue weighted by Crippen LogP contribution is 2.19. The molecule has 2 rings (SSSR count). The zero-order chi connectivity index (χ0) is 11.5. The van der Waals surface area contributed by atoms with Crippen molar-refractivity contribution in [2.24, 2.45) is 0 Å². The maximum absolute atomic E-state index is 9.05. The molecular formula is C12H13ClN2O. The zero-order valence-corrected chi connectivity index (χ0v) is 9.72. The van der Waals surface area contributed by atoms with Crippen LogP contribution in [0.3, 0.4) is 0 Å². The van der Waals surface area contributed by atoms with Gasteiger partial charge in [0.1, 0.15) is 5.15 Å². The lowest BCUT2D eigenvalue weighted by Crippen LogP contribution is -2.00. The van der Waals surface area contributed by atoms with Gasteiger partial charge in [0.05, 0.1) is 11.9 Å². The summed E-state index contributed by atoms with van der Waals surface area (Å²) in [5, 5.41) is 13.7. The second-order valence-electron chi connectivity index (χ2n) is 3.74. The van der Waals surface area contributed by atoms with E-state index in [0.717, 1.165) is 11.3 Å². The lowest BCUT2D eigenvalue weighted by Gasteiger charge is -2.09. The van der Waals surface area contributed by atoms with Crippen molar-refractivity contribution in [3.8, 4) is 5.69 Å². The third kappa shape index (κ3) is 2.10. The monoisotopic (exact) mass is 236 g/mol. The van der Waals surface area contributed by atoms with Crippen molar-refractivity contribution in [2.45, 2.75) is 12.8 Å². The van der Waals surface area contributed by atoms with Gasteiger partial charge in [-0.15, -0.1) is 0 Å². The minimum atomic E-state index is 0.155. The van der Waals surface area contributed by atoms with Crippen LogP contribution >= 0.6 is 11.6 Å². The highest BCUT2D eigenvalue weighted by Gasteiger charge is 2.05. The van der Waals surface area contributed by atoms with Crippen LogP contribution in [-0.2, 0) is 0 Å². The largest absolute Gasteiger partial charge is 0.396 e. The van der Waals surface area contributed by atoms with Gasteiger partial charge in [0, 0.05) is 12.5 Å². The van der Waals surface area contributed by atoms with E-state index in [1.165, 1.54) is 0 Å². The third-order valence-electron chi connectivity index (χ3n) is 2.58. The Balaban J connectivity index is 2.30. The molecule has 1 aromatic heterocycles. The molecule has 1 N–H and O–H groups in total. The highest BCUT2D eigenvalue weighted by atomic mass is 35.5. The molecule has 16 heavy (non-hydrogen) atoms. The Morgan fingerprint density at radius 3 is 2.50 bits per heavy atom. The smallest absolute Gasteiger partial charge is 0.132 e. The molecular weight excluding hydrogens is 224 g/mol. The minimum absolute atomic E-state index is 0.155. The van der Waals surface area contributed by atoms with E-state index in [9.17, 15) is 0 Å². The SMILES string of the molecule is CC(CO)c1ccc(-n2nccc2Cl)cc1. The van der Waals surface area contributed by atoms with Crippen LogP contribution in [0.25, 0.3) is 5.69 Å². The summed E-state index contributed by atoms with van der Waals surface area (Å²) >= 11 is 5.96. The normalized spacial score (nSPS) is 12.7. The van der Waals surface area contributed by atoms with Gasteiger partial charge < -0.3 is 5.11 Å². The second-order valence-corrected chi connectivity index (χ2v) is 4.13. The van der Waals surface area contributed by atoms with Crippen molar-refractivity contribution in [3.63, 3.8) is 0 Å². The van der Waals surface area contributed by atoms with Crippen LogP contribution in [0, 0.1) is 0 Å². The Labute approximate surface area is 99.3 Å². The predicted octanol–water partition coefficient (Wildman–Crippen LogP) is 2.62. The van der Waals surface area contributed by atoms with Crippen LogP contribution in [0.1, 0.15) is 18.4 Å². The van der Waals surface area contributed by atoms with E-state index in [0.29, 0.717) is 5.15 Å². The number of hydrogen-bond donors (Lipinski definition) is 1.